The van der Waals surface area contributed by atoms with Crippen molar-refractivity contribution in [1.29, 1.82) is 0 Å². The maximum Gasteiger partial charge on any atom is 0.191 e. The summed E-state index contributed by atoms with van der Waals surface area (Å²) in [6.07, 6.45) is 5.63. The van der Waals surface area contributed by atoms with Crippen LogP contribution >= 0.6 is 0 Å². The first-order valence-electron chi connectivity index (χ1n) is 8.36. The zero-order valence-electron chi connectivity index (χ0n) is 13.7. The van der Waals surface area contributed by atoms with E-state index in [1.165, 1.54) is 31.2 Å². The van der Waals surface area contributed by atoms with Gasteiger partial charge in [0.25, 0.3) is 0 Å². The molecule has 2 saturated carbocycles. The molecule has 0 saturated heterocycles. The third kappa shape index (κ3) is 3.93. The van der Waals surface area contributed by atoms with Gasteiger partial charge in [0.15, 0.2) is 5.96 Å². The molecule has 2 fully saturated rings. The third-order valence-electron chi connectivity index (χ3n) is 4.85. The molecule has 1 aromatic carbocycles. The van der Waals surface area contributed by atoms with Crippen LogP contribution in [0.1, 0.15) is 31.2 Å². The second-order valence-electron chi connectivity index (χ2n) is 6.65. The molecule has 2 N–H and O–H groups in total. The normalized spacial score (nSPS) is 19.6. The highest BCUT2D eigenvalue weighted by molar-refractivity contribution is 5.79. The van der Waals surface area contributed by atoms with Crippen LogP contribution in [0.3, 0.4) is 0 Å². The first kappa shape index (κ1) is 15.2. The number of aliphatic imine (C=N–C) groups is 1. The van der Waals surface area contributed by atoms with Gasteiger partial charge in [0.1, 0.15) is 12.4 Å². The highest BCUT2D eigenvalue weighted by atomic mass is 16.5. The summed E-state index contributed by atoms with van der Waals surface area (Å²) in [6.45, 7) is 4.53. The van der Waals surface area contributed by atoms with Crippen molar-refractivity contribution < 1.29 is 4.74 Å². The van der Waals surface area contributed by atoms with Crippen LogP contribution in [0.2, 0.25) is 0 Å². The van der Waals surface area contributed by atoms with E-state index in [2.05, 4.69) is 34.7 Å². The summed E-state index contributed by atoms with van der Waals surface area (Å²) in [4.78, 5) is 4.29. The lowest BCUT2D eigenvalue weighted by atomic mass is 10.0. The van der Waals surface area contributed by atoms with E-state index in [-0.39, 0.29) is 0 Å². The molecule has 0 bridgehead atoms. The Morgan fingerprint density at radius 3 is 2.55 bits per heavy atom. The van der Waals surface area contributed by atoms with E-state index in [4.69, 9.17) is 4.74 Å². The average molecular weight is 301 g/mol. The summed E-state index contributed by atoms with van der Waals surface area (Å²) in [6, 6.07) is 8.15. The van der Waals surface area contributed by atoms with Crippen LogP contribution in [0.15, 0.2) is 29.3 Å². The maximum absolute atomic E-state index is 5.72. The summed E-state index contributed by atoms with van der Waals surface area (Å²) in [5, 5.41) is 6.81. The van der Waals surface area contributed by atoms with E-state index in [1.54, 1.807) is 0 Å². The number of nitrogens with zero attached hydrogens (tertiary/aromatic N) is 1. The van der Waals surface area contributed by atoms with Crippen molar-refractivity contribution in [3.05, 3.63) is 29.8 Å². The smallest absolute Gasteiger partial charge is 0.191 e. The monoisotopic (exact) mass is 301 g/mol. The van der Waals surface area contributed by atoms with Crippen molar-refractivity contribution in [2.24, 2.45) is 16.3 Å². The molecule has 0 aromatic heterocycles. The van der Waals surface area contributed by atoms with E-state index in [0.717, 1.165) is 30.7 Å². The first-order valence-corrected chi connectivity index (χ1v) is 8.36. The number of aryl methyl sites for hydroxylation is 1. The van der Waals surface area contributed by atoms with Gasteiger partial charge >= 0.3 is 0 Å². The van der Waals surface area contributed by atoms with E-state index >= 15 is 0 Å². The molecule has 4 heteroatoms. The van der Waals surface area contributed by atoms with Crippen molar-refractivity contribution in [2.45, 2.75) is 32.6 Å². The molecule has 0 radical (unpaired) electrons. The van der Waals surface area contributed by atoms with E-state index in [9.17, 15) is 0 Å². The summed E-state index contributed by atoms with van der Waals surface area (Å²) < 4.78 is 5.72. The largest absolute Gasteiger partial charge is 0.492 e. The predicted octanol–water partition coefficient (Wildman–Crippen LogP) is 2.73. The standard InChI is InChI=1S/C18H27N3O/c1-14-3-7-16(8-4-14)22-12-11-20-17(19-2)21-13-18(9-10-18)15-5-6-15/h3-4,7-8,15H,5-6,9-13H2,1-2H3,(H2,19,20,21). The van der Waals surface area contributed by atoms with Crippen LogP contribution in [0.25, 0.3) is 0 Å². The number of nitrogens with one attached hydrogen (secondary N) is 2. The molecule has 0 aliphatic heterocycles. The maximum atomic E-state index is 5.72. The fourth-order valence-corrected chi connectivity index (χ4v) is 3.04. The number of ether oxygens (including phenoxy) is 1. The molecule has 2 aliphatic carbocycles. The van der Waals surface area contributed by atoms with Crippen LogP contribution < -0.4 is 15.4 Å². The number of hydrogen-bond donors (Lipinski definition) is 2. The van der Waals surface area contributed by atoms with Crippen molar-refractivity contribution in [2.75, 3.05) is 26.7 Å². The van der Waals surface area contributed by atoms with Gasteiger partial charge in [0.05, 0.1) is 6.54 Å². The lowest BCUT2D eigenvalue weighted by Crippen LogP contribution is -2.42. The lowest BCUT2D eigenvalue weighted by molar-refractivity contribution is 0.321. The minimum atomic E-state index is 0.593. The minimum Gasteiger partial charge on any atom is -0.492 e. The third-order valence-corrected chi connectivity index (χ3v) is 4.85. The Morgan fingerprint density at radius 1 is 1.23 bits per heavy atom. The fraction of sp³-hybridized carbons (Fsp3) is 0.611. The molecular formula is C18H27N3O. The molecule has 0 heterocycles. The Balaban J connectivity index is 1.34. The van der Waals surface area contributed by atoms with Gasteiger partial charge in [0, 0.05) is 13.6 Å². The van der Waals surface area contributed by atoms with Crippen LogP contribution in [0, 0.1) is 18.3 Å². The molecule has 1 aromatic rings. The van der Waals surface area contributed by atoms with Gasteiger partial charge in [-0.15, -0.1) is 0 Å². The Kier molecular flexibility index (Phi) is 4.55. The Hall–Kier alpha value is -1.71. The number of hydrogen-bond acceptors (Lipinski definition) is 2. The number of benzene rings is 1. The molecule has 120 valence electrons. The predicted molar refractivity (Wildman–Crippen MR) is 90.4 cm³/mol. The van der Waals surface area contributed by atoms with Gasteiger partial charge in [0.2, 0.25) is 0 Å². The Labute approximate surface area is 133 Å². The fourth-order valence-electron chi connectivity index (χ4n) is 3.04. The van der Waals surface area contributed by atoms with Crippen molar-refractivity contribution in [1.82, 2.24) is 10.6 Å². The summed E-state index contributed by atoms with van der Waals surface area (Å²) in [5.74, 6) is 2.78. The molecule has 4 nitrogen and oxygen atoms in total. The van der Waals surface area contributed by atoms with Crippen LogP contribution in [-0.4, -0.2) is 32.7 Å². The van der Waals surface area contributed by atoms with Gasteiger partial charge < -0.3 is 15.4 Å². The molecule has 22 heavy (non-hydrogen) atoms. The van der Waals surface area contributed by atoms with Crippen LogP contribution in [0.4, 0.5) is 0 Å². The van der Waals surface area contributed by atoms with Gasteiger partial charge in [-0.3, -0.25) is 4.99 Å². The molecule has 0 spiro atoms. The van der Waals surface area contributed by atoms with Crippen molar-refractivity contribution in [3.8, 4) is 5.75 Å². The molecule has 0 unspecified atom stereocenters. The minimum absolute atomic E-state index is 0.593. The average Bonchev–Trinajstić information content (AvgIpc) is 3.40. The zero-order chi connectivity index (χ0) is 15.4. The summed E-state index contributed by atoms with van der Waals surface area (Å²) in [5.41, 5.74) is 1.84. The molecular weight excluding hydrogens is 274 g/mol. The van der Waals surface area contributed by atoms with E-state index in [0.29, 0.717) is 12.0 Å². The summed E-state index contributed by atoms with van der Waals surface area (Å²) >= 11 is 0. The summed E-state index contributed by atoms with van der Waals surface area (Å²) in [7, 11) is 1.83. The molecule has 2 aliphatic rings. The zero-order valence-corrected chi connectivity index (χ0v) is 13.7. The SMILES string of the molecule is CN=C(NCCOc1ccc(C)cc1)NCC1(C2CC2)CC1. The van der Waals surface area contributed by atoms with Gasteiger partial charge in [-0.1, -0.05) is 17.7 Å². The number of guanidine groups is 1. The van der Waals surface area contributed by atoms with Crippen LogP contribution in [0.5, 0.6) is 5.75 Å². The Bertz CT molecular complexity index is 516. The van der Waals surface area contributed by atoms with Crippen LogP contribution in [-0.2, 0) is 0 Å². The second kappa shape index (κ2) is 6.59. The van der Waals surface area contributed by atoms with Gasteiger partial charge in [-0.25, -0.2) is 0 Å². The second-order valence-corrected chi connectivity index (χ2v) is 6.65. The van der Waals surface area contributed by atoms with E-state index in [1.807, 2.05) is 19.2 Å². The lowest BCUT2D eigenvalue weighted by Gasteiger charge is -2.18. The molecule has 0 amide bonds. The quantitative estimate of drug-likeness (QED) is 0.462. The topological polar surface area (TPSA) is 45.7 Å². The highest BCUT2D eigenvalue weighted by Crippen LogP contribution is 2.60. The molecule has 3 rings (SSSR count). The Morgan fingerprint density at radius 2 is 1.95 bits per heavy atom. The van der Waals surface area contributed by atoms with Gasteiger partial charge in [-0.2, -0.15) is 0 Å². The molecule has 0 atom stereocenters. The highest BCUT2D eigenvalue weighted by Gasteiger charge is 2.53. The first-order chi connectivity index (χ1) is 10.7. The van der Waals surface area contributed by atoms with Crippen molar-refractivity contribution >= 4 is 5.96 Å². The number of rotatable bonds is 7. The van der Waals surface area contributed by atoms with E-state index < -0.39 is 0 Å². The van der Waals surface area contributed by atoms with Crippen molar-refractivity contribution in [3.63, 3.8) is 0 Å². The van der Waals surface area contributed by atoms with Gasteiger partial charge in [-0.05, 0) is 56.1 Å².